The number of hydrogen-bond acceptors (Lipinski definition) is 2. The normalized spacial score (nSPS) is 32.6. The molecule has 0 aliphatic heterocycles. The van der Waals surface area contributed by atoms with Crippen LogP contribution in [0.3, 0.4) is 0 Å². The third-order valence-electron chi connectivity index (χ3n) is 3.89. The first-order chi connectivity index (χ1) is 8.00. The fourth-order valence-electron chi connectivity index (χ4n) is 3.10. The number of ketones is 1. The Kier molecular flexibility index (Phi) is 3.34. The van der Waals surface area contributed by atoms with Crippen molar-refractivity contribution in [3.05, 3.63) is 35.9 Å². The molecule has 2 nitrogen and oxygen atoms in total. The molecule has 0 spiro atoms. The van der Waals surface area contributed by atoms with Crippen LogP contribution in [0.2, 0.25) is 0 Å². The number of rotatable bonds is 3. The van der Waals surface area contributed by atoms with E-state index in [1.165, 1.54) is 0 Å². The van der Waals surface area contributed by atoms with Gasteiger partial charge in [0.05, 0.1) is 5.60 Å². The molecule has 1 N–H and O–H groups in total. The fraction of sp³-hybridized carbons (Fsp3) is 0.533. The van der Waals surface area contributed by atoms with Gasteiger partial charge in [-0.25, -0.2) is 0 Å². The van der Waals surface area contributed by atoms with Gasteiger partial charge in [-0.15, -0.1) is 0 Å². The molecule has 1 aromatic carbocycles. The number of hydrogen-bond donors (Lipinski definition) is 1. The smallest absolute Gasteiger partial charge is 0.133 e. The zero-order valence-electron chi connectivity index (χ0n) is 10.5. The van der Waals surface area contributed by atoms with Crippen molar-refractivity contribution in [2.45, 2.75) is 38.7 Å². The van der Waals surface area contributed by atoms with Crippen molar-refractivity contribution in [1.82, 2.24) is 0 Å². The lowest BCUT2D eigenvalue weighted by Crippen LogP contribution is -2.28. The molecule has 17 heavy (non-hydrogen) atoms. The van der Waals surface area contributed by atoms with Gasteiger partial charge >= 0.3 is 0 Å². The SMILES string of the molecule is CC(=O)C1C[C@](O)(Cc2ccccc2)C[C@@H]1C. The fourth-order valence-corrected chi connectivity index (χ4v) is 3.10. The van der Waals surface area contributed by atoms with Gasteiger partial charge in [0.2, 0.25) is 0 Å². The quantitative estimate of drug-likeness (QED) is 0.869. The molecule has 0 radical (unpaired) electrons. The summed E-state index contributed by atoms with van der Waals surface area (Å²) in [5, 5.41) is 10.6. The Labute approximate surface area is 103 Å². The van der Waals surface area contributed by atoms with E-state index in [0.717, 1.165) is 12.0 Å². The minimum atomic E-state index is -0.697. The maximum atomic E-state index is 11.5. The van der Waals surface area contributed by atoms with Crippen LogP contribution in [0.15, 0.2) is 30.3 Å². The first-order valence-electron chi connectivity index (χ1n) is 6.27. The molecule has 1 unspecified atom stereocenters. The van der Waals surface area contributed by atoms with Crippen molar-refractivity contribution in [2.24, 2.45) is 11.8 Å². The van der Waals surface area contributed by atoms with Gasteiger partial charge in [0.15, 0.2) is 0 Å². The zero-order valence-corrected chi connectivity index (χ0v) is 10.5. The Balaban J connectivity index is 2.09. The largest absolute Gasteiger partial charge is 0.390 e. The molecule has 2 heteroatoms. The Hall–Kier alpha value is -1.15. The van der Waals surface area contributed by atoms with E-state index in [1.807, 2.05) is 30.3 Å². The van der Waals surface area contributed by atoms with Crippen molar-refractivity contribution in [1.29, 1.82) is 0 Å². The van der Waals surface area contributed by atoms with Crippen molar-refractivity contribution in [3.63, 3.8) is 0 Å². The summed E-state index contributed by atoms with van der Waals surface area (Å²) >= 11 is 0. The van der Waals surface area contributed by atoms with Crippen LogP contribution in [0.4, 0.5) is 0 Å². The molecule has 1 fully saturated rings. The van der Waals surface area contributed by atoms with Crippen molar-refractivity contribution < 1.29 is 9.90 Å². The van der Waals surface area contributed by atoms with Crippen LogP contribution in [0.25, 0.3) is 0 Å². The Bertz CT molecular complexity index is 399. The second-order valence-electron chi connectivity index (χ2n) is 5.49. The molecular formula is C15H20O2. The molecule has 1 aromatic rings. The van der Waals surface area contributed by atoms with Crippen molar-refractivity contribution >= 4 is 5.78 Å². The van der Waals surface area contributed by atoms with E-state index in [0.29, 0.717) is 18.8 Å². The third kappa shape index (κ3) is 2.75. The molecule has 3 atom stereocenters. The van der Waals surface area contributed by atoms with E-state index in [2.05, 4.69) is 6.92 Å². The average Bonchev–Trinajstić information content (AvgIpc) is 2.55. The summed E-state index contributed by atoms with van der Waals surface area (Å²) < 4.78 is 0. The van der Waals surface area contributed by atoms with Crippen LogP contribution in [-0.2, 0) is 11.2 Å². The highest BCUT2D eigenvalue weighted by Gasteiger charge is 2.43. The number of carbonyl (C=O) groups is 1. The van der Waals surface area contributed by atoms with E-state index in [9.17, 15) is 9.90 Å². The van der Waals surface area contributed by atoms with Crippen LogP contribution < -0.4 is 0 Å². The van der Waals surface area contributed by atoms with Gasteiger partial charge in [0, 0.05) is 12.3 Å². The molecule has 0 saturated heterocycles. The number of carbonyl (C=O) groups excluding carboxylic acids is 1. The first-order valence-corrected chi connectivity index (χ1v) is 6.27. The Morgan fingerprint density at radius 1 is 1.35 bits per heavy atom. The van der Waals surface area contributed by atoms with Gasteiger partial charge in [0.1, 0.15) is 5.78 Å². The summed E-state index contributed by atoms with van der Waals surface area (Å²) in [6.45, 7) is 3.70. The number of Topliss-reactive ketones (excluding diaryl/α,β-unsaturated/α-hetero) is 1. The highest BCUT2D eigenvalue weighted by Crippen LogP contribution is 2.41. The summed E-state index contributed by atoms with van der Waals surface area (Å²) in [6, 6.07) is 10.0. The predicted octanol–water partition coefficient (Wildman–Crippen LogP) is 2.60. The summed E-state index contributed by atoms with van der Waals surface area (Å²) in [4.78, 5) is 11.5. The molecule has 2 rings (SSSR count). The average molecular weight is 232 g/mol. The van der Waals surface area contributed by atoms with E-state index >= 15 is 0 Å². The van der Waals surface area contributed by atoms with Crippen LogP contribution >= 0.6 is 0 Å². The molecular weight excluding hydrogens is 212 g/mol. The number of benzene rings is 1. The molecule has 1 saturated carbocycles. The highest BCUT2D eigenvalue weighted by molar-refractivity contribution is 5.79. The second kappa shape index (κ2) is 4.61. The van der Waals surface area contributed by atoms with Crippen LogP contribution in [-0.4, -0.2) is 16.5 Å². The van der Waals surface area contributed by atoms with Gasteiger partial charge in [0.25, 0.3) is 0 Å². The van der Waals surface area contributed by atoms with Gasteiger partial charge in [-0.05, 0) is 31.2 Å². The maximum Gasteiger partial charge on any atom is 0.133 e. The molecule has 0 bridgehead atoms. The lowest BCUT2D eigenvalue weighted by molar-refractivity contribution is -0.122. The third-order valence-corrected chi connectivity index (χ3v) is 3.89. The standard InChI is InChI=1S/C15H20O2/c1-11-8-15(17,10-14(11)12(2)16)9-13-6-4-3-5-7-13/h3-7,11,14,17H,8-10H2,1-2H3/t11-,14?,15+/m0/s1. The minimum absolute atomic E-state index is 0.0312. The zero-order chi connectivity index (χ0) is 12.5. The minimum Gasteiger partial charge on any atom is -0.390 e. The molecule has 1 aliphatic carbocycles. The van der Waals surface area contributed by atoms with E-state index in [4.69, 9.17) is 0 Å². The summed E-state index contributed by atoms with van der Waals surface area (Å²) in [5.74, 6) is 0.534. The van der Waals surface area contributed by atoms with Crippen LogP contribution in [0.1, 0.15) is 32.3 Å². The Morgan fingerprint density at radius 2 is 2.00 bits per heavy atom. The van der Waals surface area contributed by atoms with Crippen LogP contribution in [0, 0.1) is 11.8 Å². The second-order valence-corrected chi connectivity index (χ2v) is 5.49. The van der Waals surface area contributed by atoms with Crippen molar-refractivity contribution in [2.75, 3.05) is 0 Å². The number of aliphatic hydroxyl groups is 1. The lowest BCUT2D eigenvalue weighted by Gasteiger charge is -2.22. The molecule has 92 valence electrons. The van der Waals surface area contributed by atoms with E-state index in [-0.39, 0.29) is 11.7 Å². The maximum absolute atomic E-state index is 11.5. The van der Waals surface area contributed by atoms with Crippen LogP contribution in [0.5, 0.6) is 0 Å². The molecule has 0 heterocycles. The van der Waals surface area contributed by atoms with Gasteiger partial charge < -0.3 is 5.11 Å². The molecule has 0 amide bonds. The topological polar surface area (TPSA) is 37.3 Å². The Morgan fingerprint density at radius 3 is 2.53 bits per heavy atom. The van der Waals surface area contributed by atoms with E-state index in [1.54, 1.807) is 6.92 Å². The summed E-state index contributed by atoms with van der Waals surface area (Å²) in [5.41, 5.74) is 0.448. The molecule has 1 aliphatic rings. The molecule has 0 aromatic heterocycles. The summed E-state index contributed by atoms with van der Waals surface area (Å²) in [6.07, 6.45) is 1.99. The highest BCUT2D eigenvalue weighted by atomic mass is 16.3. The van der Waals surface area contributed by atoms with Gasteiger partial charge in [-0.3, -0.25) is 4.79 Å². The predicted molar refractivity (Wildman–Crippen MR) is 67.7 cm³/mol. The first kappa shape index (κ1) is 12.3. The monoisotopic (exact) mass is 232 g/mol. The van der Waals surface area contributed by atoms with Crippen molar-refractivity contribution in [3.8, 4) is 0 Å². The van der Waals surface area contributed by atoms with Gasteiger partial charge in [-0.2, -0.15) is 0 Å². The summed E-state index contributed by atoms with van der Waals surface area (Å²) in [7, 11) is 0. The van der Waals surface area contributed by atoms with E-state index < -0.39 is 5.60 Å². The van der Waals surface area contributed by atoms with Gasteiger partial charge in [-0.1, -0.05) is 37.3 Å². The lowest BCUT2D eigenvalue weighted by atomic mass is 9.91.